The Balaban J connectivity index is 1.33. The molecule has 172 valence electrons. The zero-order valence-corrected chi connectivity index (χ0v) is 18.9. The van der Waals surface area contributed by atoms with E-state index in [1.54, 1.807) is 37.3 Å². The zero-order valence-electron chi connectivity index (χ0n) is 18.9. The van der Waals surface area contributed by atoms with Gasteiger partial charge in [-0.2, -0.15) is 0 Å². The Hall–Kier alpha value is -4.08. The van der Waals surface area contributed by atoms with E-state index in [9.17, 15) is 4.79 Å². The normalized spacial score (nSPS) is 13.4. The summed E-state index contributed by atoms with van der Waals surface area (Å²) in [5.41, 5.74) is 1.50. The molecule has 3 aromatic rings. The fraction of sp³-hybridized carbons (Fsp3) is 0.304. The predicted octanol–water partition coefficient (Wildman–Crippen LogP) is 3.29. The number of benzene rings is 1. The third-order valence-electron chi connectivity index (χ3n) is 5.33. The average molecular weight is 450 g/mol. The summed E-state index contributed by atoms with van der Waals surface area (Å²) in [5, 5.41) is 14.7. The van der Waals surface area contributed by atoms with Gasteiger partial charge in [-0.15, -0.1) is 10.2 Å². The second-order valence-electron chi connectivity index (χ2n) is 7.51. The molecule has 0 unspecified atom stereocenters. The van der Waals surface area contributed by atoms with Crippen LogP contribution in [0.25, 0.3) is 0 Å². The molecular weight excluding hydrogens is 422 g/mol. The zero-order chi connectivity index (χ0) is 23.2. The molecule has 2 amide bonds. The molecule has 0 atom stereocenters. The van der Waals surface area contributed by atoms with Crippen molar-refractivity contribution in [2.75, 3.05) is 55.9 Å². The first-order chi connectivity index (χ1) is 16.1. The van der Waals surface area contributed by atoms with Crippen LogP contribution in [0.4, 0.5) is 27.9 Å². The number of hydrogen-bond acceptors (Lipinski definition) is 8. The monoisotopic (exact) mass is 449 g/mol. The van der Waals surface area contributed by atoms with Crippen LogP contribution in [0.15, 0.2) is 48.5 Å². The van der Waals surface area contributed by atoms with Crippen LogP contribution >= 0.6 is 0 Å². The number of aromatic nitrogens is 3. The minimum absolute atomic E-state index is 0.183. The fourth-order valence-electron chi connectivity index (χ4n) is 3.62. The number of nitrogens with one attached hydrogen (secondary N) is 2. The van der Waals surface area contributed by atoms with Crippen LogP contribution in [0, 0.1) is 6.92 Å². The maximum atomic E-state index is 12.8. The van der Waals surface area contributed by atoms with E-state index in [4.69, 9.17) is 9.47 Å². The lowest BCUT2D eigenvalue weighted by Gasteiger charge is -2.35. The van der Waals surface area contributed by atoms with E-state index in [0.717, 1.165) is 17.3 Å². The Kier molecular flexibility index (Phi) is 6.72. The molecule has 1 aliphatic rings. The molecule has 2 N–H and O–H groups in total. The van der Waals surface area contributed by atoms with Gasteiger partial charge >= 0.3 is 6.03 Å². The van der Waals surface area contributed by atoms with Crippen molar-refractivity contribution in [3.8, 4) is 11.5 Å². The molecule has 0 radical (unpaired) electrons. The second-order valence-corrected chi connectivity index (χ2v) is 7.51. The minimum atomic E-state index is -0.183. The number of rotatable bonds is 6. The summed E-state index contributed by atoms with van der Waals surface area (Å²) < 4.78 is 10.7. The van der Waals surface area contributed by atoms with Gasteiger partial charge in [0.1, 0.15) is 5.82 Å². The molecule has 2 aromatic heterocycles. The van der Waals surface area contributed by atoms with Crippen LogP contribution in [-0.2, 0) is 0 Å². The van der Waals surface area contributed by atoms with Crippen LogP contribution < -0.4 is 25.0 Å². The van der Waals surface area contributed by atoms with Gasteiger partial charge in [0.25, 0.3) is 0 Å². The molecule has 33 heavy (non-hydrogen) atoms. The van der Waals surface area contributed by atoms with E-state index >= 15 is 0 Å². The molecule has 1 aliphatic heterocycles. The summed E-state index contributed by atoms with van der Waals surface area (Å²) in [6.07, 6.45) is 0. The Morgan fingerprint density at radius 1 is 0.909 bits per heavy atom. The number of piperazine rings is 1. The van der Waals surface area contributed by atoms with Crippen molar-refractivity contribution in [1.82, 2.24) is 20.1 Å². The first-order valence-electron chi connectivity index (χ1n) is 10.6. The summed E-state index contributed by atoms with van der Waals surface area (Å²) in [6.45, 7) is 4.38. The van der Waals surface area contributed by atoms with Gasteiger partial charge in [-0.05, 0) is 43.3 Å². The van der Waals surface area contributed by atoms with E-state index in [2.05, 4.69) is 30.7 Å². The highest BCUT2D eigenvalue weighted by Gasteiger charge is 2.23. The second kappa shape index (κ2) is 10.0. The third-order valence-corrected chi connectivity index (χ3v) is 5.33. The lowest BCUT2D eigenvalue weighted by molar-refractivity contribution is 0.208. The number of ether oxygens (including phenoxy) is 2. The molecule has 1 saturated heterocycles. The number of amides is 2. The summed E-state index contributed by atoms with van der Waals surface area (Å²) in [5.74, 6) is 3.19. The van der Waals surface area contributed by atoms with Gasteiger partial charge in [0.2, 0.25) is 0 Å². The number of carbonyl (C=O) groups is 1. The van der Waals surface area contributed by atoms with Gasteiger partial charge < -0.3 is 29.9 Å². The number of carbonyl (C=O) groups excluding carboxylic acids is 1. The van der Waals surface area contributed by atoms with Crippen molar-refractivity contribution in [3.05, 3.63) is 54.2 Å². The first-order valence-corrected chi connectivity index (χ1v) is 10.6. The fourth-order valence-corrected chi connectivity index (χ4v) is 3.62. The standard InChI is InChI=1S/C23H27N7O3/c1-16-6-4-9-19(24-16)26-20-10-11-21(28-27-20)29-12-14-30(15-13-29)23(31)25-17-7-5-8-18(32-2)22(17)33-3/h4-11H,12-15H2,1-3H3,(H,25,31)(H,24,26,27). The van der Waals surface area contributed by atoms with Crippen LogP contribution in [0.5, 0.6) is 11.5 Å². The van der Waals surface area contributed by atoms with Crippen LogP contribution in [-0.4, -0.2) is 66.5 Å². The summed E-state index contributed by atoms with van der Waals surface area (Å²) in [6, 6.07) is 14.7. The number of nitrogens with zero attached hydrogens (tertiary/aromatic N) is 5. The molecule has 0 aliphatic carbocycles. The van der Waals surface area contributed by atoms with E-state index in [1.807, 2.05) is 37.3 Å². The van der Waals surface area contributed by atoms with E-state index < -0.39 is 0 Å². The van der Waals surface area contributed by atoms with Crippen molar-refractivity contribution in [2.45, 2.75) is 6.92 Å². The molecule has 10 nitrogen and oxygen atoms in total. The molecule has 0 bridgehead atoms. The van der Waals surface area contributed by atoms with Gasteiger partial charge in [-0.25, -0.2) is 9.78 Å². The van der Waals surface area contributed by atoms with E-state index in [1.165, 1.54) is 0 Å². The molecular formula is C23H27N7O3. The van der Waals surface area contributed by atoms with Gasteiger partial charge in [0.15, 0.2) is 23.1 Å². The van der Waals surface area contributed by atoms with Gasteiger partial charge in [0.05, 0.1) is 19.9 Å². The SMILES string of the molecule is COc1cccc(NC(=O)N2CCN(c3ccc(Nc4cccc(C)n4)nn3)CC2)c1OC. The van der Waals surface area contributed by atoms with Crippen molar-refractivity contribution in [3.63, 3.8) is 0 Å². The lowest BCUT2D eigenvalue weighted by atomic mass is 10.2. The molecule has 1 aromatic carbocycles. The largest absolute Gasteiger partial charge is 0.493 e. The van der Waals surface area contributed by atoms with Crippen molar-refractivity contribution >= 4 is 29.2 Å². The highest BCUT2D eigenvalue weighted by Crippen LogP contribution is 2.34. The Bertz CT molecular complexity index is 1100. The van der Waals surface area contributed by atoms with Gasteiger partial charge in [-0.1, -0.05) is 12.1 Å². The van der Waals surface area contributed by atoms with Gasteiger partial charge in [0, 0.05) is 31.9 Å². The number of hydrogen-bond donors (Lipinski definition) is 2. The third kappa shape index (κ3) is 5.22. The number of anilines is 4. The molecule has 1 fully saturated rings. The van der Waals surface area contributed by atoms with Crippen LogP contribution in [0.1, 0.15) is 5.69 Å². The topological polar surface area (TPSA) is 105 Å². The predicted molar refractivity (Wildman–Crippen MR) is 127 cm³/mol. The Morgan fingerprint density at radius 3 is 2.36 bits per heavy atom. The smallest absolute Gasteiger partial charge is 0.322 e. The minimum Gasteiger partial charge on any atom is -0.493 e. The van der Waals surface area contributed by atoms with Crippen molar-refractivity contribution < 1.29 is 14.3 Å². The Labute approximate surface area is 192 Å². The first kappa shape index (κ1) is 22.1. The van der Waals surface area contributed by atoms with Crippen LogP contribution in [0.3, 0.4) is 0 Å². The molecule has 3 heterocycles. The number of para-hydroxylation sites is 1. The molecule has 10 heteroatoms. The highest BCUT2D eigenvalue weighted by molar-refractivity contribution is 5.91. The van der Waals surface area contributed by atoms with Gasteiger partial charge in [-0.3, -0.25) is 0 Å². The molecule has 0 spiro atoms. The van der Waals surface area contributed by atoms with Crippen LogP contribution in [0.2, 0.25) is 0 Å². The molecule has 0 saturated carbocycles. The van der Waals surface area contributed by atoms with E-state index in [0.29, 0.717) is 49.2 Å². The number of urea groups is 1. The molecule has 4 rings (SSSR count). The van der Waals surface area contributed by atoms with E-state index in [-0.39, 0.29) is 6.03 Å². The maximum Gasteiger partial charge on any atom is 0.322 e. The highest BCUT2D eigenvalue weighted by atomic mass is 16.5. The maximum absolute atomic E-state index is 12.8. The number of pyridine rings is 1. The quantitative estimate of drug-likeness (QED) is 0.591. The Morgan fingerprint density at radius 2 is 1.70 bits per heavy atom. The number of aryl methyl sites for hydroxylation is 1. The summed E-state index contributed by atoms with van der Waals surface area (Å²) in [4.78, 5) is 21.1. The number of methoxy groups -OCH3 is 2. The summed E-state index contributed by atoms with van der Waals surface area (Å²) >= 11 is 0. The lowest BCUT2D eigenvalue weighted by Crippen LogP contribution is -2.50. The average Bonchev–Trinajstić information content (AvgIpc) is 2.84. The van der Waals surface area contributed by atoms with Crippen molar-refractivity contribution in [2.24, 2.45) is 0 Å². The van der Waals surface area contributed by atoms with Crippen molar-refractivity contribution in [1.29, 1.82) is 0 Å². The summed E-state index contributed by atoms with van der Waals surface area (Å²) in [7, 11) is 3.11.